The number of hydrogen-bond acceptors (Lipinski definition) is 6. The van der Waals surface area contributed by atoms with Gasteiger partial charge in [-0.1, -0.05) is 24.6 Å². The van der Waals surface area contributed by atoms with Gasteiger partial charge in [-0.15, -0.1) is 0 Å². The molecule has 2 aromatic rings. The van der Waals surface area contributed by atoms with Gasteiger partial charge in [-0.3, -0.25) is 9.59 Å². The van der Waals surface area contributed by atoms with Crippen LogP contribution in [0.5, 0.6) is 5.75 Å². The molecule has 0 aromatic heterocycles. The van der Waals surface area contributed by atoms with E-state index in [1.165, 1.54) is 6.26 Å². The quantitative estimate of drug-likeness (QED) is 0.490. The first-order valence-electron chi connectivity index (χ1n) is 11.0. The lowest BCUT2D eigenvalue weighted by Crippen LogP contribution is -2.39. The monoisotopic (exact) mass is 456 g/mol. The molecule has 1 aliphatic heterocycles. The predicted octanol–water partition coefficient (Wildman–Crippen LogP) is 4.38. The molecule has 0 N–H and O–H groups in total. The number of rotatable bonds is 5. The van der Waals surface area contributed by atoms with Gasteiger partial charge in [-0.25, -0.2) is 8.42 Å². The third-order valence-electron chi connectivity index (χ3n) is 6.44. The normalized spacial score (nSPS) is 20.4. The molecular formula is C25H28O6S. The highest BCUT2D eigenvalue weighted by Crippen LogP contribution is 2.46. The molecule has 1 unspecified atom stereocenters. The molecular weight excluding hydrogens is 428 g/mol. The number of ketones is 1. The Hall–Kier alpha value is -2.67. The van der Waals surface area contributed by atoms with E-state index in [-0.39, 0.29) is 10.7 Å². The van der Waals surface area contributed by atoms with Gasteiger partial charge >= 0.3 is 5.97 Å². The van der Waals surface area contributed by atoms with Crippen molar-refractivity contribution in [2.75, 3.05) is 12.9 Å². The number of hydrogen-bond donors (Lipinski definition) is 0. The summed E-state index contributed by atoms with van der Waals surface area (Å²) in [6, 6.07) is 10.3. The first-order valence-corrected chi connectivity index (χ1v) is 12.9. The molecule has 170 valence electrons. The molecule has 1 spiro atoms. The minimum atomic E-state index is -3.36. The molecule has 1 saturated carbocycles. The van der Waals surface area contributed by atoms with Crippen LogP contribution in [-0.4, -0.2) is 38.6 Å². The van der Waals surface area contributed by atoms with E-state index in [0.717, 1.165) is 36.0 Å². The van der Waals surface area contributed by atoms with Crippen molar-refractivity contribution in [2.45, 2.75) is 62.4 Å². The highest BCUT2D eigenvalue weighted by molar-refractivity contribution is 7.90. The minimum absolute atomic E-state index is 0.172. The number of esters is 1. The maximum atomic E-state index is 13.4. The van der Waals surface area contributed by atoms with Crippen LogP contribution >= 0.6 is 0 Å². The highest BCUT2D eigenvalue weighted by Gasteiger charge is 2.56. The van der Waals surface area contributed by atoms with Gasteiger partial charge < -0.3 is 9.47 Å². The lowest BCUT2D eigenvalue weighted by atomic mass is 9.77. The Kier molecular flexibility index (Phi) is 5.88. The molecule has 32 heavy (non-hydrogen) atoms. The number of sulfone groups is 1. The molecule has 7 heteroatoms. The van der Waals surface area contributed by atoms with Crippen molar-refractivity contribution in [1.29, 1.82) is 0 Å². The molecule has 1 saturated heterocycles. The van der Waals surface area contributed by atoms with E-state index in [2.05, 4.69) is 0 Å². The molecule has 0 amide bonds. The maximum absolute atomic E-state index is 13.4. The predicted molar refractivity (Wildman–Crippen MR) is 121 cm³/mol. The number of Topliss-reactive ketones (excluding diaryl/α,β-unsaturated/α-hetero) is 1. The van der Waals surface area contributed by atoms with Crippen LogP contribution in [-0.2, 0) is 24.2 Å². The van der Waals surface area contributed by atoms with Crippen molar-refractivity contribution in [3.05, 3.63) is 47.5 Å². The van der Waals surface area contributed by atoms with Crippen LogP contribution in [0.25, 0.3) is 11.1 Å². The zero-order valence-corrected chi connectivity index (χ0v) is 19.5. The van der Waals surface area contributed by atoms with Crippen LogP contribution in [0.1, 0.15) is 56.1 Å². The van der Waals surface area contributed by atoms with Crippen LogP contribution < -0.4 is 4.74 Å². The van der Waals surface area contributed by atoms with Gasteiger partial charge in [0.25, 0.3) is 0 Å². The zero-order valence-electron chi connectivity index (χ0n) is 18.6. The number of ether oxygens (including phenoxy) is 2. The van der Waals surface area contributed by atoms with Crippen molar-refractivity contribution < 1.29 is 27.5 Å². The van der Waals surface area contributed by atoms with Gasteiger partial charge in [-0.2, -0.15) is 0 Å². The Morgan fingerprint density at radius 3 is 2.47 bits per heavy atom. The second-order valence-corrected chi connectivity index (χ2v) is 10.7. The van der Waals surface area contributed by atoms with Gasteiger partial charge in [0.1, 0.15) is 11.7 Å². The summed E-state index contributed by atoms with van der Waals surface area (Å²) in [4.78, 5) is 26.5. The molecule has 2 aromatic carbocycles. The largest absolute Gasteiger partial charge is 0.494 e. The Bertz CT molecular complexity index is 1170. The van der Waals surface area contributed by atoms with Crippen molar-refractivity contribution in [3.8, 4) is 16.9 Å². The van der Waals surface area contributed by atoms with Crippen LogP contribution in [0.3, 0.4) is 0 Å². The van der Waals surface area contributed by atoms with E-state index < -0.39 is 27.3 Å². The van der Waals surface area contributed by atoms with Crippen molar-refractivity contribution in [3.63, 3.8) is 0 Å². The Morgan fingerprint density at radius 2 is 1.81 bits per heavy atom. The topological polar surface area (TPSA) is 86.7 Å². The van der Waals surface area contributed by atoms with Gasteiger partial charge in [-0.05, 0) is 74.4 Å². The zero-order chi connectivity index (χ0) is 23.1. The summed E-state index contributed by atoms with van der Waals surface area (Å²) in [6.45, 7) is 4.08. The Morgan fingerprint density at radius 1 is 1.09 bits per heavy atom. The van der Waals surface area contributed by atoms with Gasteiger partial charge in [0.2, 0.25) is 0 Å². The summed E-state index contributed by atoms with van der Waals surface area (Å²) >= 11 is 0. The van der Waals surface area contributed by atoms with Gasteiger partial charge in [0.05, 0.1) is 11.5 Å². The van der Waals surface area contributed by atoms with Gasteiger partial charge in [0, 0.05) is 11.8 Å². The van der Waals surface area contributed by atoms with E-state index in [4.69, 9.17) is 9.47 Å². The smallest absolute Gasteiger partial charge is 0.322 e. The standard InChI is InChI=1S/C25H28O6S/c1-4-30-21-15-19(17-9-8-10-18(14-17)32(3,28)29)16(2)13-20(21)22-23(26)25(31-24(22)27)11-6-5-7-12-25/h8-10,13-15,22H,4-7,11-12H2,1-3H3. The molecule has 1 aliphatic carbocycles. The summed E-state index contributed by atoms with van der Waals surface area (Å²) < 4.78 is 35.6. The summed E-state index contributed by atoms with van der Waals surface area (Å²) in [5.74, 6) is -1.23. The fourth-order valence-corrected chi connectivity index (χ4v) is 5.50. The van der Waals surface area contributed by atoms with E-state index >= 15 is 0 Å². The average Bonchev–Trinajstić information content (AvgIpc) is 2.98. The molecule has 2 fully saturated rings. The average molecular weight is 457 g/mol. The third kappa shape index (κ3) is 3.94. The number of aryl methyl sites for hydroxylation is 1. The van der Waals surface area contributed by atoms with E-state index in [9.17, 15) is 18.0 Å². The summed E-state index contributed by atoms with van der Waals surface area (Å²) in [6.07, 6.45) is 5.12. The molecule has 0 radical (unpaired) electrons. The van der Waals surface area contributed by atoms with Crippen LogP contribution in [0.2, 0.25) is 0 Å². The van der Waals surface area contributed by atoms with Crippen LogP contribution in [0.4, 0.5) is 0 Å². The molecule has 4 rings (SSSR count). The fourth-order valence-electron chi connectivity index (χ4n) is 4.83. The molecule has 1 heterocycles. The summed E-state index contributed by atoms with van der Waals surface area (Å²) in [5, 5.41) is 0. The second-order valence-electron chi connectivity index (χ2n) is 8.71. The van der Waals surface area contributed by atoms with Crippen molar-refractivity contribution in [2.24, 2.45) is 0 Å². The Balaban J connectivity index is 1.79. The Labute approximate surface area is 188 Å². The first-order chi connectivity index (χ1) is 15.2. The maximum Gasteiger partial charge on any atom is 0.322 e. The van der Waals surface area contributed by atoms with Crippen molar-refractivity contribution in [1.82, 2.24) is 0 Å². The highest BCUT2D eigenvalue weighted by atomic mass is 32.2. The minimum Gasteiger partial charge on any atom is -0.494 e. The molecule has 2 aliphatic rings. The molecule has 1 atom stereocenters. The van der Waals surface area contributed by atoms with Crippen molar-refractivity contribution >= 4 is 21.6 Å². The van der Waals surface area contributed by atoms with E-state index in [1.807, 2.05) is 19.9 Å². The molecule has 0 bridgehead atoms. The second kappa shape index (κ2) is 8.35. The van der Waals surface area contributed by atoms with E-state index in [0.29, 0.717) is 30.8 Å². The fraction of sp³-hybridized carbons (Fsp3) is 0.440. The first kappa shape index (κ1) is 22.5. The SMILES string of the molecule is CCOc1cc(-c2cccc(S(C)(=O)=O)c2)c(C)cc1C1C(=O)OC2(CCCCC2)C1=O. The number of benzene rings is 2. The number of carbonyl (C=O) groups excluding carboxylic acids is 2. The van der Waals surface area contributed by atoms with E-state index in [1.54, 1.807) is 30.3 Å². The van der Waals surface area contributed by atoms with Crippen LogP contribution in [0.15, 0.2) is 41.3 Å². The van der Waals surface area contributed by atoms with Gasteiger partial charge in [0.15, 0.2) is 21.2 Å². The molecule has 6 nitrogen and oxygen atoms in total. The summed E-state index contributed by atoms with van der Waals surface area (Å²) in [7, 11) is -3.36. The third-order valence-corrected chi connectivity index (χ3v) is 7.56. The van der Waals surface area contributed by atoms with Crippen LogP contribution in [0, 0.1) is 6.92 Å². The summed E-state index contributed by atoms with van der Waals surface area (Å²) in [5.41, 5.74) is 1.85. The number of carbonyl (C=O) groups is 2. The lowest BCUT2D eigenvalue weighted by molar-refractivity contribution is -0.154. The lowest BCUT2D eigenvalue weighted by Gasteiger charge is -2.30.